The summed E-state index contributed by atoms with van der Waals surface area (Å²) in [7, 11) is 3.07. The molecule has 0 unspecified atom stereocenters. The molecule has 0 spiro atoms. The molecule has 3 aromatic rings. The summed E-state index contributed by atoms with van der Waals surface area (Å²) in [4.78, 5) is 36.2. The van der Waals surface area contributed by atoms with E-state index >= 15 is 0 Å². The van der Waals surface area contributed by atoms with Crippen LogP contribution in [0.3, 0.4) is 0 Å². The third-order valence-electron chi connectivity index (χ3n) is 4.95. The van der Waals surface area contributed by atoms with Crippen molar-refractivity contribution in [3.8, 4) is 11.5 Å². The highest BCUT2D eigenvalue weighted by molar-refractivity contribution is 5.94. The minimum Gasteiger partial charge on any atom is -0.493 e. The number of methoxy groups -OCH3 is 2. The monoisotopic (exact) mass is 380 g/mol. The van der Waals surface area contributed by atoms with Gasteiger partial charge in [0.15, 0.2) is 11.5 Å². The van der Waals surface area contributed by atoms with Gasteiger partial charge in [-0.25, -0.2) is 4.98 Å². The Morgan fingerprint density at radius 1 is 1.04 bits per heavy atom. The Hall–Kier alpha value is -3.42. The molecule has 1 amide bonds. The summed E-state index contributed by atoms with van der Waals surface area (Å²) in [5.41, 5.74) is 1.00. The number of rotatable bonds is 3. The number of hydrogen-bond acceptors (Lipinski definition) is 6. The van der Waals surface area contributed by atoms with E-state index in [-0.39, 0.29) is 11.5 Å². The molecule has 0 bridgehead atoms. The van der Waals surface area contributed by atoms with Crippen molar-refractivity contribution in [1.82, 2.24) is 19.4 Å². The number of nitrogens with zero attached hydrogens (tertiary/aromatic N) is 4. The summed E-state index contributed by atoms with van der Waals surface area (Å²) in [5, 5.41) is 0.468. The average Bonchev–Trinajstić information content (AvgIpc) is 2.96. The van der Waals surface area contributed by atoms with E-state index < -0.39 is 0 Å². The highest BCUT2D eigenvalue weighted by atomic mass is 16.5. The van der Waals surface area contributed by atoms with Gasteiger partial charge in [0.1, 0.15) is 5.82 Å². The van der Waals surface area contributed by atoms with Gasteiger partial charge in [-0.1, -0.05) is 0 Å². The Kier molecular flexibility index (Phi) is 4.68. The summed E-state index contributed by atoms with van der Waals surface area (Å²) in [6.07, 6.45) is 3.69. The SMILES string of the molecule is COc1cc2nc3n(c(=O)c2cc1OC)CCN(C(=O)c1ccncc1)CC3. The van der Waals surface area contributed by atoms with Gasteiger partial charge in [-0.15, -0.1) is 0 Å². The molecule has 0 aliphatic carbocycles. The smallest absolute Gasteiger partial charge is 0.261 e. The third kappa shape index (κ3) is 3.06. The second kappa shape index (κ2) is 7.30. The van der Waals surface area contributed by atoms with Crippen molar-refractivity contribution in [2.45, 2.75) is 13.0 Å². The number of hydrogen-bond donors (Lipinski definition) is 0. The molecule has 144 valence electrons. The third-order valence-corrected chi connectivity index (χ3v) is 4.95. The van der Waals surface area contributed by atoms with Crippen LogP contribution in [0.15, 0.2) is 41.5 Å². The van der Waals surface area contributed by atoms with Crippen LogP contribution in [0.1, 0.15) is 16.2 Å². The number of carbonyl (C=O) groups excluding carboxylic acids is 1. The van der Waals surface area contributed by atoms with Crippen LogP contribution in [0.5, 0.6) is 11.5 Å². The molecule has 2 aromatic heterocycles. The molecular weight excluding hydrogens is 360 g/mol. The van der Waals surface area contributed by atoms with Crippen LogP contribution < -0.4 is 15.0 Å². The lowest BCUT2D eigenvalue weighted by molar-refractivity contribution is 0.0759. The summed E-state index contributed by atoms with van der Waals surface area (Å²) in [6, 6.07) is 6.75. The summed E-state index contributed by atoms with van der Waals surface area (Å²) in [5.74, 6) is 1.60. The quantitative estimate of drug-likeness (QED) is 0.685. The second-order valence-corrected chi connectivity index (χ2v) is 6.49. The van der Waals surface area contributed by atoms with Crippen LogP contribution >= 0.6 is 0 Å². The van der Waals surface area contributed by atoms with Crippen molar-refractivity contribution in [2.75, 3.05) is 27.3 Å². The minimum atomic E-state index is -0.140. The van der Waals surface area contributed by atoms with Gasteiger partial charge in [-0.2, -0.15) is 0 Å². The van der Waals surface area contributed by atoms with Crippen molar-refractivity contribution in [3.63, 3.8) is 0 Å². The number of ether oxygens (including phenoxy) is 2. The Balaban J connectivity index is 1.70. The van der Waals surface area contributed by atoms with E-state index in [0.717, 1.165) is 0 Å². The van der Waals surface area contributed by atoms with Crippen LogP contribution in [0.2, 0.25) is 0 Å². The maximum Gasteiger partial charge on any atom is 0.261 e. The molecule has 0 saturated heterocycles. The summed E-state index contributed by atoms with van der Waals surface area (Å²) < 4.78 is 12.3. The van der Waals surface area contributed by atoms with Crippen LogP contribution in [0, 0.1) is 0 Å². The fourth-order valence-corrected chi connectivity index (χ4v) is 3.46. The first kappa shape index (κ1) is 18.0. The molecule has 1 aliphatic rings. The molecule has 0 radical (unpaired) electrons. The first-order valence-electron chi connectivity index (χ1n) is 8.97. The first-order chi connectivity index (χ1) is 13.6. The van der Waals surface area contributed by atoms with Crippen molar-refractivity contribution < 1.29 is 14.3 Å². The zero-order chi connectivity index (χ0) is 19.7. The molecular formula is C20H20N4O4. The topological polar surface area (TPSA) is 86.6 Å². The van der Waals surface area contributed by atoms with E-state index in [1.54, 1.807) is 53.2 Å². The molecule has 28 heavy (non-hydrogen) atoms. The number of benzene rings is 1. The van der Waals surface area contributed by atoms with Gasteiger partial charge in [0.05, 0.1) is 25.1 Å². The molecule has 3 heterocycles. The average molecular weight is 380 g/mol. The van der Waals surface area contributed by atoms with E-state index in [2.05, 4.69) is 9.97 Å². The van der Waals surface area contributed by atoms with E-state index in [1.165, 1.54) is 7.11 Å². The van der Waals surface area contributed by atoms with Crippen molar-refractivity contribution in [3.05, 3.63) is 58.4 Å². The summed E-state index contributed by atoms with van der Waals surface area (Å²) in [6.45, 7) is 1.32. The van der Waals surface area contributed by atoms with Gasteiger partial charge in [-0.3, -0.25) is 19.1 Å². The number of carbonyl (C=O) groups is 1. The highest BCUT2D eigenvalue weighted by Crippen LogP contribution is 2.30. The van der Waals surface area contributed by atoms with Gasteiger partial charge < -0.3 is 14.4 Å². The van der Waals surface area contributed by atoms with Gasteiger partial charge in [0.25, 0.3) is 11.5 Å². The molecule has 8 nitrogen and oxygen atoms in total. The number of fused-ring (bicyclic) bond motifs is 2. The zero-order valence-electron chi connectivity index (χ0n) is 15.7. The predicted molar refractivity (Wildman–Crippen MR) is 103 cm³/mol. The fourth-order valence-electron chi connectivity index (χ4n) is 3.46. The molecule has 8 heteroatoms. The molecule has 0 atom stereocenters. The van der Waals surface area contributed by atoms with Crippen molar-refractivity contribution >= 4 is 16.8 Å². The highest BCUT2D eigenvalue weighted by Gasteiger charge is 2.22. The molecule has 1 aromatic carbocycles. The minimum absolute atomic E-state index is 0.0730. The Morgan fingerprint density at radius 3 is 2.46 bits per heavy atom. The van der Waals surface area contributed by atoms with Crippen LogP contribution in [0.4, 0.5) is 0 Å². The molecule has 0 saturated carbocycles. The standard InChI is InChI=1S/C20H20N4O4/c1-27-16-11-14-15(12-17(16)28-2)22-18-5-8-23(9-10-24(18)20(14)26)19(25)13-3-6-21-7-4-13/h3-4,6-7,11-12H,5,8-10H2,1-2H3. The van der Waals surface area contributed by atoms with Crippen LogP contribution in [-0.4, -0.2) is 52.7 Å². The Morgan fingerprint density at radius 2 is 1.75 bits per heavy atom. The van der Waals surface area contributed by atoms with E-state index in [0.29, 0.717) is 59.8 Å². The van der Waals surface area contributed by atoms with Gasteiger partial charge in [-0.05, 0) is 18.2 Å². The van der Waals surface area contributed by atoms with Crippen LogP contribution in [0.25, 0.3) is 10.9 Å². The molecule has 4 rings (SSSR count). The maximum absolute atomic E-state index is 13.1. The first-order valence-corrected chi connectivity index (χ1v) is 8.97. The number of pyridine rings is 1. The normalized spacial score (nSPS) is 13.7. The van der Waals surface area contributed by atoms with Crippen molar-refractivity contribution in [2.24, 2.45) is 0 Å². The lowest BCUT2D eigenvalue weighted by Crippen LogP contribution is -2.34. The number of amides is 1. The second-order valence-electron chi connectivity index (χ2n) is 6.49. The summed E-state index contributed by atoms with van der Waals surface area (Å²) >= 11 is 0. The number of aromatic nitrogens is 3. The maximum atomic E-state index is 13.1. The zero-order valence-corrected chi connectivity index (χ0v) is 15.7. The van der Waals surface area contributed by atoms with Crippen LogP contribution in [-0.2, 0) is 13.0 Å². The lowest BCUT2D eigenvalue weighted by Gasteiger charge is -2.19. The van der Waals surface area contributed by atoms with E-state index in [4.69, 9.17) is 9.47 Å². The van der Waals surface area contributed by atoms with E-state index in [9.17, 15) is 9.59 Å². The van der Waals surface area contributed by atoms with Gasteiger partial charge in [0.2, 0.25) is 0 Å². The largest absolute Gasteiger partial charge is 0.493 e. The van der Waals surface area contributed by atoms with Gasteiger partial charge >= 0.3 is 0 Å². The molecule has 0 fully saturated rings. The molecule has 1 aliphatic heterocycles. The van der Waals surface area contributed by atoms with Crippen molar-refractivity contribution in [1.29, 1.82) is 0 Å². The lowest BCUT2D eigenvalue weighted by atomic mass is 10.2. The molecule has 0 N–H and O–H groups in total. The Labute approximate surface area is 161 Å². The fraction of sp³-hybridized carbons (Fsp3) is 0.300. The van der Waals surface area contributed by atoms with E-state index in [1.807, 2.05) is 0 Å². The predicted octanol–water partition coefficient (Wildman–Crippen LogP) is 1.51. The Bertz CT molecular complexity index is 1090. The van der Waals surface area contributed by atoms with Gasteiger partial charge in [0, 0.05) is 50.1 Å².